The summed E-state index contributed by atoms with van der Waals surface area (Å²) in [5, 5.41) is 1.93. The van der Waals surface area contributed by atoms with E-state index in [9.17, 15) is 14.4 Å². The van der Waals surface area contributed by atoms with Crippen LogP contribution >= 0.6 is 34.4 Å². The number of aromatic amines is 1. The number of carbonyl (C=O) groups excluding carboxylic acids is 1. The van der Waals surface area contributed by atoms with Gasteiger partial charge >= 0.3 is 5.97 Å². The zero-order valence-corrected chi connectivity index (χ0v) is 18.9. The second-order valence-electron chi connectivity index (χ2n) is 6.68. The molecule has 4 aromatic heterocycles. The monoisotopic (exact) mass is 462 g/mol. The third-order valence-electron chi connectivity index (χ3n) is 4.61. The summed E-state index contributed by atoms with van der Waals surface area (Å²) in [6.07, 6.45) is 1.65. The largest absolute Gasteiger partial charge is 0.458 e. The zero-order chi connectivity index (χ0) is 21.4. The van der Waals surface area contributed by atoms with Crippen molar-refractivity contribution in [1.82, 2.24) is 19.4 Å². The first-order chi connectivity index (χ1) is 14.3. The number of thiophene rings is 1. The molecule has 8 nitrogen and oxygen atoms in total. The predicted octanol–water partition coefficient (Wildman–Crippen LogP) is 3.04. The Kier molecular flexibility index (Phi) is 5.76. The van der Waals surface area contributed by atoms with Gasteiger partial charge in [0.05, 0.1) is 16.8 Å². The second-order valence-corrected chi connectivity index (χ2v) is 10.1. The highest BCUT2D eigenvalue weighted by atomic mass is 32.2. The molecule has 0 fully saturated rings. The van der Waals surface area contributed by atoms with Crippen LogP contribution in [0.25, 0.3) is 15.2 Å². The summed E-state index contributed by atoms with van der Waals surface area (Å²) in [6, 6.07) is 1.36. The van der Waals surface area contributed by atoms with Gasteiger partial charge in [0.1, 0.15) is 22.5 Å². The summed E-state index contributed by atoms with van der Waals surface area (Å²) in [5.74, 6) is 0.480. The van der Waals surface area contributed by atoms with E-state index < -0.39 is 11.2 Å². The van der Waals surface area contributed by atoms with Gasteiger partial charge in [-0.15, -0.1) is 34.4 Å². The number of nitrogens with zero attached hydrogens (tertiary/aromatic N) is 3. The number of thiazole rings is 1. The Hall–Kier alpha value is -2.50. The molecule has 4 aromatic rings. The highest BCUT2D eigenvalue weighted by molar-refractivity contribution is 7.99. The van der Waals surface area contributed by atoms with Crippen LogP contribution in [-0.4, -0.2) is 30.6 Å². The van der Waals surface area contributed by atoms with Crippen molar-refractivity contribution in [3.05, 3.63) is 60.3 Å². The lowest BCUT2D eigenvalue weighted by Crippen LogP contribution is -2.19. The van der Waals surface area contributed by atoms with Crippen LogP contribution in [0.1, 0.15) is 28.9 Å². The summed E-state index contributed by atoms with van der Waals surface area (Å²) in [6.45, 7) is 5.54. The average molecular weight is 463 g/mol. The molecular weight excluding hydrogens is 444 g/mol. The van der Waals surface area contributed by atoms with Crippen LogP contribution in [0, 0.1) is 13.8 Å². The number of hydrogen-bond acceptors (Lipinski definition) is 9. The van der Waals surface area contributed by atoms with Crippen LogP contribution in [0.5, 0.6) is 0 Å². The molecule has 30 heavy (non-hydrogen) atoms. The van der Waals surface area contributed by atoms with Gasteiger partial charge in [0.15, 0.2) is 4.96 Å². The van der Waals surface area contributed by atoms with Gasteiger partial charge in [0, 0.05) is 22.5 Å². The van der Waals surface area contributed by atoms with Crippen LogP contribution in [0.15, 0.2) is 27.2 Å². The molecule has 0 aliphatic carbocycles. The molecule has 0 amide bonds. The third kappa shape index (κ3) is 4.05. The minimum Gasteiger partial charge on any atom is -0.458 e. The molecule has 0 saturated heterocycles. The number of nitrogens with one attached hydrogen (secondary N) is 1. The lowest BCUT2D eigenvalue weighted by atomic mass is 10.2. The molecule has 156 valence electrons. The number of aromatic nitrogens is 4. The number of rotatable bonds is 6. The van der Waals surface area contributed by atoms with E-state index in [0.29, 0.717) is 32.4 Å². The molecule has 0 unspecified atom stereocenters. The van der Waals surface area contributed by atoms with Crippen molar-refractivity contribution in [1.29, 1.82) is 0 Å². The van der Waals surface area contributed by atoms with E-state index in [2.05, 4.69) is 15.0 Å². The highest BCUT2D eigenvalue weighted by Crippen LogP contribution is 2.26. The second kappa shape index (κ2) is 8.32. The van der Waals surface area contributed by atoms with Crippen LogP contribution in [0.2, 0.25) is 0 Å². The van der Waals surface area contributed by atoms with Crippen molar-refractivity contribution < 1.29 is 9.53 Å². The first-order valence-electron chi connectivity index (χ1n) is 9.06. The summed E-state index contributed by atoms with van der Waals surface area (Å²) in [5.41, 5.74) is 0.995. The minimum atomic E-state index is -0.468. The SMILES string of the molecule is Cc1sc2nc(CS[C@H](C)C(=O)OCc3cc(=O)n4ccsc4n3)[nH]c(=O)c2c1C. The van der Waals surface area contributed by atoms with Gasteiger partial charge in [-0.2, -0.15) is 0 Å². The first-order valence-corrected chi connectivity index (χ1v) is 11.8. The van der Waals surface area contributed by atoms with Crippen molar-refractivity contribution in [3.8, 4) is 0 Å². The van der Waals surface area contributed by atoms with Gasteiger partial charge < -0.3 is 9.72 Å². The first kappa shape index (κ1) is 20.8. The van der Waals surface area contributed by atoms with E-state index in [1.165, 1.54) is 44.9 Å². The number of H-pyrrole nitrogens is 1. The Morgan fingerprint density at radius 3 is 2.93 bits per heavy atom. The van der Waals surface area contributed by atoms with E-state index in [1.54, 1.807) is 18.5 Å². The van der Waals surface area contributed by atoms with Crippen LogP contribution in [0.3, 0.4) is 0 Å². The van der Waals surface area contributed by atoms with Crippen molar-refractivity contribution >= 4 is 55.6 Å². The maximum absolute atomic E-state index is 12.3. The molecule has 0 aliphatic rings. The van der Waals surface area contributed by atoms with Gasteiger partial charge in [-0.1, -0.05) is 0 Å². The fourth-order valence-corrected chi connectivity index (χ4v) is 5.40. The number of carbonyl (C=O) groups is 1. The van der Waals surface area contributed by atoms with E-state index in [-0.39, 0.29) is 17.7 Å². The van der Waals surface area contributed by atoms with Crippen molar-refractivity contribution in [2.75, 3.05) is 0 Å². The summed E-state index contributed by atoms with van der Waals surface area (Å²) < 4.78 is 6.76. The van der Waals surface area contributed by atoms with Crippen molar-refractivity contribution in [2.24, 2.45) is 0 Å². The van der Waals surface area contributed by atoms with Gasteiger partial charge in [-0.25, -0.2) is 9.97 Å². The predicted molar refractivity (Wildman–Crippen MR) is 120 cm³/mol. The molecule has 1 N–H and O–H groups in total. The van der Waals surface area contributed by atoms with Gasteiger partial charge in [-0.05, 0) is 26.3 Å². The molecule has 0 saturated carbocycles. The number of fused-ring (bicyclic) bond motifs is 2. The number of aryl methyl sites for hydroxylation is 2. The fraction of sp³-hybridized carbons (Fsp3) is 0.316. The summed E-state index contributed by atoms with van der Waals surface area (Å²) in [4.78, 5) is 50.6. The van der Waals surface area contributed by atoms with E-state index in [4.69, 9.17) is 4.74 Å². The molecule has 0 radical (unpaired) electrons. The molecule has 0 aliphatic heterocycles. The Morgan fingerprint density at radius 1 is 1.33 bits per heavy atom. The average Bonchev–Trinajstić information content (AvgIpc) is 3.29. The maximum Gasteiger partial charge on any atom is 0.319 e. The maximum atomic E-state index is 12.3. The Labute approximate surface area is 183 Å². The Balaban J connectivity index is 1.38. The Bertz CT molecular complexity index is 1370. The summed E-state index contributed by atoms with van der Waals surface area (Å²) >= 11 is 4.15. The minimum absolute atomic E-state index is 0.0673. The van der Waals surface area contributed by atoms with Gasteiger partial charge in [-0.3, -0.25) is 18.8 Å². The lowest BCUT2D eigenvalue weighted by Gasteiger charge is -2.11. The van der Waals surface area contributed by atoms with Crippen molar-refractivity contribution in [2.45, 2.75) is 38.4 Å². The fourth-order valence-electron chi connectivity index (χ4n) is 2.86. The summed E-state index contributed by atoms with van der Waals surface area (Å²) in [7, 11) is 0. The quantitative estimate of drug-likeness (QED) is 0.439. The normalized spacial score (nSPS) is 12.5. The molecule has 4 heterocycles. The molecule has 0 spiro atoms. The van der Waals surface area contributed by atoms with Crippen LogP contribution in [-0.2, 0) is 21.9 Å². The van der Waals surface area contributed by atoms with E-state index in [0.717, 1.165) is 10.4 Å². The number of thioether (sulfide) groups is 1. The van der Waals surface area contributed by atoms with Crippen molar-refractivity contribution in [3.63, 3.8) is 0 Å². The van der Waals surface area contributed by atoms with E-state index >= 15 is 0 Å². The third-order valence-corrected chi connectivity index (χ3v) is 7.60. The molecule has 4 rings (SSSR count). The standard InChI is InChI=1S/C19H18N4O4S3/c1-9-10(2)30-17-15(9)16(25)21-13(22-17)8-29-11(3)18(26)27-7-12-6-14(24)23-4-5-28-19(23)20-12/h4-6,11H,7-8H2,1-3H3,(H,21,22,25)/t11-/m1/s1. The number of esters is 1. The molecule has 0 aromatic carbocycles. The van der Waals surface area contributed by atoms with Crippen LogP contribution in [0.4, 0.5) is 0 Å². The van der Waals surface area contributed by atoms with E-state index in [1.807, 2.05) is 13.8 Å². The smallest absolute Gasteiger partial charge is 0.319 e. The van der Waals surface area contributed by atoms with Crippen LogP contribution < -0.4 is 11.1 Å². The number of ether oxygens (including phenoxy) is 1. The van der Waals surface area contributed by atoms with Gasteiger partial charge in [0.25, 0.3) is 11.1 Å². The molecule has 0 bridgehead atoms. The molecule has 11 heteroatoms. The number of hydrogen-bond donors (Lipinski definition) is 1. The zero-order valence-electron chi connectivity index (χ0n) is 16.4. The highest BCUT2D eigenvalue weighted by Gasteiger charge is 2.18. The Morgan fingerprint density at radius 2 is 2.13 bits per heavy atom. The van der Waals surface area contributed by atoms with Gasteiger partial charge in [0.2, 0.25) is 0 Å². The topological polar surface area (TPSA) is 106 Å². The molecule has 1 atom stereocenters. The lowest BCUT2D eigenvalue weighted by molar-refractivity contribution is -0.144. The molecular formula is C19H18N4O4S3.